The fourth-order valence-corrected chi connectivity index (χ4v) is 1.74. The fraction of sp³-hybridized carbons (Fsp3) is 0.900. The van der Waals surface area contributed by atoms with Crippen molar-refractivity contribution in [3.8, 4) is 0 Å². The van der Waals surface area contributed by atoms with E-state index in [1.165, 1.54) is 4.90 Å². The van der Waals surface area contributed by atoms with Gasteiger partial charge in [-0.15, -0.1) is 0 Å². The zero-order valence-electron chi connectivity index (χ0n) is 9.71. The first-order valence-corrected chi connectivity index (χ1v) is 5.38. The quantitative estimate of drug-likeness (QED) is 0.609. The molecule has 0 aromatic rings. The van der Waals surface area contributed by atoms with Crippen molar-refractivity contribution in [3.63, 3.8) is 0 Å². The summed E-state index contributed by atoms with van der Waals surface area (Å²) >= 11 is 0. The lowest BCUT2D eigenvalue weighted by Crippen LogP contribution is -2.49. The molecule has 5 nitrogen and oxygen atoms in total. The van der Waals surface area contributed by atoms with Crippen molar-refractivity contribution in [3.05, 3.63) is 0 Å². The van der Waals surface area contributed by atoms with Gasteiger partial charge < -0.3 is 20.6 Å². The first kappa shape index (κ1) is 12.3. The van der Waals surface area contributed by atoms with Crippen LogP contribution in [0.4, 0.5) is 4.79 Å². The molecule has 15 heavy (non-hydrogen) atoms. The van der Waals surface area contributed by atoms with Gasteiger partial charge in [-0.2, -0.15) is 0 Å². The van der Waals surface area contributed by atoms with E-state index in [9.17, 15) is 9.90 Å². The number of urea groups is 1. The van der Waals surface area contributed by atoms with Crippen LogP contribution in [-0.2, 0) is 0 Å². The number of nitrogens with zero attached hydrogens (tertiary/aromatic N) is 1. The first-order chi connectivity index (χ1) is 6.93. The predicted molar refractivity (Wildman–Crippen MR) is 58.7 cm³/mol. The first-order valence-electron chi connectivity index (χ1n) is 5.38. The monoisotopic (exact) mass is 215 g/mol. The van der Waals surface area contributed by atoms with Crippen LogP contribution in [0, 0.1) is 0 Å². The molecule has 0 bridgehead atoms. The summed E-state index contributed by atoms with van der Waals surface area (Å²) in [6.07, 6.45) is 0.701. The molecule has 3 N–H and O–H groups in total. The van der Waals surface area contributed by atoms with Crippen molar-refractivity contribution in [1.29, 1.82) is 0 Å². The molecular weight excluding hydrogens is 194 g/mol. The van der Waals surface area contributed by atoms with Crippen LogP contribution in [0.2, 0.25) is 0 Å². The highest BCUT2D eigenvalue weighted by Crippen LogP contribution is 2.15. The molecule has 0 aromatic carbocycles. The zero-order chi connectivity index (χ0) is 11.5. The standard InChI is InChI=1S/C10H21N3O2/c1-8(2)12-9(14)13(3)7-10(15)4-5-11-6-10/h8,11,15H,4-7H2,1-3H3,(H,12,14). The molecule has 5 heteroatoms. The van der Waals surface area contributed by atoms with Gasteiger partial charge in [0.15, 0.2) is 0 Å². The van der Waals surface area contributed by atoms with Crippen LogP contribution in [0.5, 0.6) is 0 Å². The Labute approximate surface area is 90.8 Å². The zero-order valence-corrected chi connectivity index (χ0v) is 9.71. The van der Waals surface area contributed by atoms with E-state index in [-0.39, 0.29) is 12.1 Å². The van der Waals surface area contributed by atoms with Gasteiger partial charge in [0.1, 0.15) is 0 Å². The number of hydrogen-bond donors (Lipinski definition) is 3. The summed E-state index contributed by atoms with van der Waals surface area (Å²) in [6.45, 7) is 5.58. The smallest absolute Gasteiger partial charge is 0.317 e. The highest BCUT2D eigenvalue weighted by Gasteiger charge is 2.33. The second-order valence-electron chi connectivity index (χ2n) is 4.61. The third-order valence-corrected chi connectivity index (χ3v) is 2.51. The molecule has 2 amide bonds. The van der Waals surface area contributed by atoms with Gasteiger partial charge in [0.25, 0.3) is 0 Å². The summed E-state index contributed by atoms with van der Waals surface area (Å²) in [5, 5.41) is 15.9. The van der Waals surface area contributed by atoms with Gasteiger partial charge in [-0.25, -0.2) is 4.79 Å². The number of amides is 2. The Bertz CT molecular complexity index is 225. The minimum absolute atomic E-state index is 0.122. The van der Waals surface area contributed by atoms with Crippen LogP contribution in [0.15, 0.2) is 0 Å². The number of likely N-dealkylation sites (N-methyl/N-ethyl adjacent to an activating group) is 1. The maximum absolute atomic E-state index is 11.6. The third kappa shape index (κ3) is 3.68. The van der Waals surface area contributed by atoms with Crippen LogP contribution >= 0.6 is 0 Å². The summed E-state index contributed by atoms with van der Waals surface area (Å²) < 4.78 is 0. The predicted octanol–water partition coefficient (Wildman–Crippen LogP) is -0.239. The normalized spacial score (nSPS) is 25.7. The molecule has 1 fully saturated rings. The maximum Gasteiger partial charge on any atom is 0.317 e. The van der Waals surface area contributed by atoms with E-state index < -0.39 is 5.60 Å². The van der Waals surface area contributed by atoms with Gasteiger partial charge in [0, 0.05) is 19.6 Å². The number of carbonyl (C=O) groups excluding carboxylic acids is 1. The molecule has 1 unspecified atom stereocenters. The van der Waals surface area contributed by atoms with E-state index >= 15 is 0 Å². The number of hydrogen-bond acceptors (Lipinski definition) is 3. The van der Waals surface area contributed by atoms with Crippen LogP contribution < -0.4 is 10.6 Å². The molecule has 0 aliphatic carbocycles. The Morgan fingerprint density at radius 3 is 2.80 bits per heavy atom. The van der Waals surface area contributed by atoms with Gasteiger partial charge in [0.05, 0.1) is 12.1 Å². The van der Waals surface area contributed by atoms with E-state index in [2.05, 4.69) is 10.6 Å². The Morgan fingerprint density at radius 2 is 2.33 bits per heavy atom. The van der Waals surface area contributed by atoms with Gasteiger partial charge >= 0.3 is 6.03 Å². The number of nitrogens with one attached hydrogen (secondary N) is 2. The Kier molecular flexibility index (Phi) is 3.93. The molecule has 1 heterocycles. The Balaban J connectivity index is 2.40. The molecule has 88 valence electrons. The SMILES string of the molecule is CC(C)NC(=O)N(C)CC1(O)CCNC1. The largest absolute Gasteiger partial charge is 0.387 e. The number of aliphatic hydroxyl groups is 1. The fourth-order valence-electron chi connectivity index (χ4n) is 1.74. The molecule has 1 atom stereocenters. The molecule has 1 saturated heterocycles. The van der Waals surface area contributed by atoms with E-state index in [1.54, 1.807) is 7.05 Å². The lowest BCUT2D eigenvalue weighted by atomic mass is 10.0. The number of rotatable bonds is 3. The van der Waals surface area contributed by atoms with Crippen molar-refractivity contribution < 1.29 is 9.90 Å². The van der Waals surface area contributed by atoms with E-state index in [4.69, 9.17) is 0 Å². The highest BCUT2D eigenvalue weighted by atomic mass is 16.3. The van der Waals surface area contributed by atoms with Crippen LogP contribution in [0.1, 0.15) is 20.3 Å². The summed E-state index contributed by atoms with van der Waals surface area (Å²) in [6, 6.07) is -0.0124. The van der Waals surface area contributed by atoms with Crippen LogP contribution in [0.25, 0.3) is 0 Å². The van der Waals surface area contributed by atoms with Gasteiger partial charge in [-0.05, 0) is 26.8 Å². The third-order valence-electron chi connectivity index (χ3n) is 2.51. The second-order valence-corrected chi connectivity index (χ2v) is 4.61. The summed E-state index contributed by atoms with van der Waals surface area (Å²) in [4.78, 5) is 13.1. The molecule has 1 rings (SSSR count). The molecule has 0 spiro atoms. The minimum atomic E-state index is -0.761. The van der Waals surface area contributed by atoms with E-state index in [0.717, 1.165) is 6.54 Å². The molecule has 0 aromatic heterocycles. The molecule has 1 aliphatic heterocycles. The second kappa shape index (κ2) is 4.81. The average molecular weight is 215 g/mol. The Hall–Kier alpha value is -0.810. The van der Waals surface area contributed by atoms with Crippen LogP contribution in [-0.4, -0.2) is 54.4 Å². The lowest BCUT2D eigenvalue weighted by Gasteiger charge is -2.28. The van der Waals surface area contributed by atoms with E-state index in [1.807, 2.05) is 13.8 Å². The van der Waals surface area contributed by atoms with Gasteiger partial charge in [-0.3, -0.25) is 0 Å². The minimum Gasteiger partial charge on any atom is -0.387 e. The molecule has 1 aliphatic rings. The van der Waals surface area contributed by atoms with Gasteiger partial charge in [0.2, 0.25) is 0 Å². The topological polar surface area (TPSA) is 64.6 Å². The van der Waals surface area contributed by atoms with Gasteiger partial charge in [-0.1, -0.05) is 0 Å². The molecular formula is C10H21N3O2. The van der Waals surface area contributed by atoms with Crippen molar-refractivity contribution in [2.45, 2.75) is 31.9 Å². The molecule has 0 saturated carbocycles. The molecule has 0 radical (unpaired) electrons. The van der Waals surface area contributed by atoms with Crippen molar-refractivity contribution >= 4 is 6.03 Å². The average Bonchev–Trinajstić information content (AvgIpc) is 2.50. The van der Waals surface area contributed by atoms with Crippen LogP contribution in [0.3, 0.4) is 0 Å². The van der Waals surface area contributed by atoms with Crippen molar-refractivity contribution in [2.24, 2.45) is 0 Å². The number of carbonyl (C=O) groups is 1. The van der Waals surface area contributed by atoms with E-state index in [0.29, 0.717) is 19.5 Å². The summed E-state index contributed by atoms with van der Waals surface area (Å²) in [5.41, 5.74) is -0.761. The summed E-state index contributed by atoms with van der Waals surface area (Å²) in [7, 11) is 1.70. The number of β-amino-alcohol motifs (C(OH)–C–C–N with tert-alkyl or cyclic N) is 1. The van der Waals surface area contributed by atoms with Crippen molar-refractivity contribution in [1.82, 2.24) is 15.5 Å². The summed E-state index contributed by atoms with van der Waals surface area (Å²) in [5.74, 6) is 0. The van der Waals surface area contributed by atoms with Crippen molar-refractivity contribution in [2.75, 3.05) is 26.7 Å². The lowest BCUT2D eigenvalue weighted by molar-refractivity contribution is 0.0366. The maximum atomic E-state index is 11.6. The Morgan fingerprint density at radius 1 is 1.67 bits per heavy atom. The highest BCUT2D eigenvalue weighted by molar-refractivity contribution is 5.74.